The number of benzene rings is 1. The van der Waals surface area contributed by atoms with Gasteiger partial charge in [-0.2, -0.15) is 0 Å². The van der Waals surface area contributed by atoms with Crippen LogP contribution in [0.1, 0.15) is 56.9 Å². The van der Waals surface area contributed by atoms with E-state index >= 15 is 0 Å². The highest BCUT2D eigenvalue weighted by atomic mass is 35.5. The van der Waals surface area contributed by atoms with Gasteiger partial charge in [0.1, 0.15) is 5.82 Å². The highest BCUT2D eigenvalue weighted by Crippen LogP contribution is 2.32. The molecule has 1 unspecified atom stereocenters. The molecule has 0 fully saturated rings. The lowest BCUT2D eigenvalue weighted by molar-refractivity contribution is 0.590. The molecule has 0 aliphatic rings. The Hall–Kier alpha value is -0.990. The number of halogens is 2. The van der Waals surface area contributed by atoms with E-state index in [1.807, 2.05) is 6.92 Å². The van der Waals surface area contributed by atoms with Crippen LogP contribution in [0.5, 0.6) is 0 Å². The molecule has 0 bridgehead atoms. The Bertz CT molecular complexity index is 607. The number of nitrogens with one attached hydrogen (secondary N) is 1. The van der Waals surface area contributed by atoms with Gasteiger partial charge in [0.2, 0.25) is 0 Å². The van der Waals surface area contributed by atoms with Gasteiger partial charge in [0.15, 0.2) is 0 Å². The van der Waals surface area contributed by atoms with Crippen LogP contribution in [-0.2, 0) is 5.41 Å². The fourth-order valence-corrected chi connectivity index (χ4v) is 2.54. The average Bonchev–Trinajstić information content (AvgIpc) is 2.79. The van der Waals surface area contributed by atoms with Gasteiger partial charge in [0.05, 0.1) is 11.1 Å². The number of hydrogen-bond donors (Lipinski definition) is 1. The maximum absolute atomic E-state index is 6.45. The summed E-state index contributed by atoms with van der Waals surface area (Å²) in [5, 5.41) is -0.0520. The SMILES string of the molecule is Cc1[nH]c(-c2ccc(C(C)(C)C)cc2)nc1C(Cl)C(C)C.Cl. The first-order chi connectivity index (χ1) is 9.70. The van der Waals surface area contributed by atoms with Crippen molar-refractivity contribution in [1.82, 2.24) is 9.97 Å². The Balaban J connectivity index is 0.00000242. The van der Waals surface area contributed by atoms with Gasteiger partial charge in [-0.1, -0.05) is 58.9 Å². The first-order valence-corrected chi connectivity index (χ1v) is 7.95. The van der Waals surface area contributed by atoms with Gasteiger partial charge >= 0.3 is 0 Å². The molecule has 0 saturated heterocycles. The molecule has 4 heteroatoms. The molecule has 1 heterocycles. The second-order valence-electron chi connectivity index (χ2n) is 7.07. The summed E-state index contributed by atoms with van der Waals surface area (Å²) in [5.74, 6) is 1.26. The molecular weight excluding hydrogens is 315 g/mol. The number of alkyl halides is 1. The fraction of sp³-hybridized carbons (Fsp3) is 0.500. The van der Waals surface area contributed by atoms with E-state index in [9.17, 15) is 0 Å². The normalized spacial score (nSPS) is 13.1. The van der Waals surface area contributed by atoms with E-state index < -0.39 is 0 Å². The summed E-state index contributed by atoms with van der Waals surface area (Å²) in [7, 11) is 0. The predicted octanol–water partition coefficient (Wildman–Crippen LogP) is 6.04. The molecule has 1 aromatic carbocycles. The van der Waals surface area contributed by atoms with Crippen LogP contribution < -0.4 is 0 Å². The van der Waals surface area contributed by atoms with Crippen LogP contribution in [0.25, 0.3) is 11.4 Å². The lowest BCUT2D eigenvalue weighted by Crippen LogP contribution is -2.10. The molecule has 0 aliphatic heterocycles. The van der Waals surface area contributed by atoms with E-state index in [1.54, 1.807) is 0 Å². The molecule has 1 N–H and O–H groups in total. The molecule has 1 atom stereocenters. The second kappa shape index (κ2) is 7.06. The number of rotatable bonds is 3. The maximum Gasteiger partial charge on any atom is 0.137 e. The maximum atomic E-state index is 6.45. The number of H-pyrrole nitrogens is 1. The predicted molar refractivity (Wildman–Crippen MR) is 98.1 cm³/mol. The van der Waals surface area contributed by atoms with Crippen molar-refractivity contribution < 1.29 is 0 Å². The molecule has 0 amide bonds. The standard InChI is InChI=1S/C18H25ClN2.ClH/c1-11(2)15(19)16-12(3)20-17(21-16)13-7-9-14(10-8-13)18(4,5)6;/h7-11,15H,1-6H3,(H,20,21);1H. The lowest BCUT2D eigenvalue weighted by Gasteiger charge is -2.18. The van der Waals surface area contributed by atoms with E-state index in [-0.39, 0.29) is 23.2 Å². The molecule has 22 heavy (non-hydrogen) atoms. The highest BCUT2D eigenvalue weighted by molar-refractivity contribution is 6.20. The van der Waals surface area contributed by atoms with Crippen LogP contribution in [-0.4, -0.2) is 9.97 Å². The Kier molecular flexibility index (Phi) is 6.11. The van der Waals surface area contributed by atoms with Crippen molar-refractivity contribution in [3.05, 3.63) is 41.2 Å². The molecule has 0 radical (unpaired) electrons. The summed E-state index contributed by atoms with van der Waals surface area (Å²) < 4.78 is 0. The van der Waals surface area contributed by atoms with Gasteiger partial charge in [-0.25, -0.2) is 4.98 Å². The van der Waals surface area contributed by atoms with E-state index in [2.05, 4.69) is 63.9 Å². The first-order valence-electron chi connectivity index (χ1n) is 7.51. The molecule has 2 aromatic rings. The number of aromatic nitrogens is 2. The molecule has 2 nitrogen and oxygen atoms in total. The summed E-state index contributed by atoms with van der Waals surface area (Å²) in [6.07, 6.45) is 0. The van der Waals surface area contributed by atoms with Crippen molar-refractivity contribution >= 4 is 24.0 Å². The topological polar surface area (TPSA) is 28.7 Å². The fourth-order valence-electron chi connectivity index (χ4n) is 2.32. The van der Waals surface area contributed by atoms with Crippen LogP contribution in [0.2, 0.25) is 0 Å². The zero-order chi connectivity index (χ0) is 15.8. The number of aromatic amines is 1. The van der Waals surface area contributed by atoms with Crippen LogP contribution in [0.15, 0.2) is 24.3 Å². The van der Waals surface area contributed by atoms with Crippen molar-refractivity contribution in [3.63, 3.8) is 0 Å². The number of hydrogen-bond acceptors (Lipinski definition) is 1. The summed E-state index contributed by atoms with van der Waals surface area (Å²) in [4.78, 5) is 8.06. The Morgan fingerprint density at radius 2 is 1.64 bits per heavy atom. The van der Waals surface area contributed by atoms with Gasteiger partial charge < -0.3 is 4.98 Å². The van der Waals surface area contributed by atoms with Crippen molar-refractivity contribution in [2.45, 2.75) is 52.3 Å². The molecule has 0 saturated carbocycles. The van der Waals surface area contributed by atoms with E-state index in [4.69, 9.17) is 16.6 Å². The lowest BCUT2D eigenvalue weighted by atomic mass is 9.87. The van der Waals surface area contributed by atoms with Crippen LogP contribution in [0.3, 0.4) is 0 Å². The van der Waals surface area contributed by atoms with Gasteiger partial charge in [-0.15, -0.1) is 24.0 Å². The van der Waals surface area contributed by atoms with Gasteiger partial charge in [-0.3, -0.25) is 0 Å². The van der Waals surface area contributed by atoms with Gasteiger partial charge in [0, 0.05) is 11.3 Å². The molecule has 122 valence electrons. The Morgan fingerprint density at radius 1 is 1.09 bits per heavy atom. The summed E-state index contributed by atoms with van der Waals surface area (Å²) in [6, 6.07) is 8.60. The minimum Gasteiger partial charge on any atom is -0.342 e. The molecular formula is C18H26Cl2N2. The zero-order valence-corrected chi connectivity index (χ0v) is 15.8. The Morgan fingerprint density at radius 3 is 2.09 bits per heavy atom. The monoisotopic (exact) mass is 340 g/mol. The van der Waals surface area contributed by atoms with E-state index in [0.717, 1.165) is 22.8 Å². The molecule has 1 aromatic heterocycles. The minimum absolute atomic E-state index is 0. The third kappa shape index (κ3) is 4.05. The van der Waals surface area contributed by atoms with Crippen LogP contribution in [0, 0.1) is 12.8 Å². The minimum atomic E-state index is -0.0520. The van der Waals surface area contributed by atoms with Gasteiger partial charge in [-0.05, 0) is 23.8 Å². The number of aryl methyl sites for hydroxylation is 1. The Labute approximate surface area is 145 Å². The van der Waals surface area contributed by atoms with E-state index in [1.165, 1.54) is 5.56 Å². The van der Waals surface area contributed by atoms with Crippen molar-refractivity contribution in [3.8, 4) is 11.4 Å². The van der Waals surface area contributed by atoms with E-state index in [0.29, 0.717) is 5.92 Å². The van der Waals surface area contributed by atoms with Crippen molar-refractivity contribution in [1.29, 1.82) is 0 Å². The smallest absolute Gasteiger partial charge is 0.137 e. The summed E-state index contributed by atoms with van der Waals surface area (Å²) in [5.41, 5.74) is 4.61. The summed E-state index contributed by atoms with van der Waals surface area (Å²) in [6.45, 7) is 12.9. The average molecular weight is 341 g/mol. The summed E-state index contributed by atoms with van der Waals surface area (Å²) >= 11 is 6.45. The van der Waals surface area contributed by atoms with Gasteiger partial charge in [0.25, 0.3) is 0 Å². The number of imidazole rings is 1. The first kappa shape index (κ1) is 19.1. The molecule has 2 rings (SSSR count). The largest absolute Gasteiger partial charge is 0.342 e. The second-order valence-corrected chi connectivity index (χ2v) is 7.54. The highest BCUT2D eigenvalue weighted by Gasteiger charge is 2.20. The third-order valence-corrected chi connectivity index (χ3v) is 4.50. The van der Waals surface area contributed by atoms with Crippen molar-refractivity contribution in [2.75, 3.05) is 0 Å². The third-order valence-electron chi connectivity index (χ3n) is 3.79. The van der Waals surface area contributed by atoms with Crippen molar-refractivity contribution in [2.24, 2.45) is 5.92 Å². The quantitative estimate of drug-likeness (QED) is 0.677. The molecule has 0 aliphatic carbocycles. The van der Waals surface area contributed by atoms with Crippen LogP contribution in [0.4, 0.5) is 0 Å². The van der Waals surface area contributed by atoms with Crippen LogP contribution >= 0.6 is 24.0 Å². The molecule has 0 spiro atoms. The number of nitrogens with zero attached hydrogens (tertiary/aromatic N) is 1. The zero-order valence-electron chi connectivity index (χ0n) is 14.2.